The maximum absolute atomic E-state index is 10.7. The Morgan fingerprint density at radius 1 is 0.518 bits per heavy atom. The summed E-state index contributed by atoms with van der Waals surface area (Å²) in [5.74, 6) is 0. The predicted octanol–water partition coefficient (Wildman–Crippen LogP) is 7.87. The standard InChI is InChI=1S/C40H43N9O7/c41-47-44-31-21-32(45-48-42)36(39(54-26-30-19-11-4-12-20-30)35(31)51-23-27-13-5-1-6-14-27)56-40-34(46-49-43)38(53-25-29-17-9-3-10-18-29)37(33(22-50)55-40)52-24-28-15-7-2-8-16-28/h1-20,31-40,50H,21-26H2/t31-,32+,33-,34-,35+,36-,37-,38-,39-,40-/m1/s1. The molecule has 1 saturated heterocycles. The van der Waals surface area contributed by atoms with E-state index in [1.165, 1.54) is 0 Å². The molecule has 4 aromatic rings. The Kier molecular flexibility index (Phi) is 15.1. The van der Waals surface area contributed by atoms with Crippen molar-refractivity contribution in [3.05, 3.63) is 175 Å². The van der Waals surface area contributed by atoms with Crippen LogP contribution in [0.4, 0.5) is 0 Å². The van der Waals surface area contributed by atoms with E-state index >= 15 is 0 Å². The summed E-state index contributed by atoms with van der Waals surface area (Å²) in [4.78, 5) is 9.34. The molecule has 2 aliphatic rings. The molecular formula is C40H43N9O7. The summed E-state index contributed by atoms with van der Waals surface area (Å²) in [5.41, 5.74) is 32.7. The molecule has 1 aliphatic heterocycles. The third kappa shape index (κ3) is 10.6. The maximum atomic E-state index is 10.7. The zero-order valence-corrected chi connectivity index (χ0v) is 30.5. The fraction of sp³-hybridized carbons (Fsp3) is 0.400. The molecule has 2 fully saturated rings. The summed E-state index contributed by atoms with van der Waals surface area (Å²) in [6.45, 7) is 0.0366. The van der Waals surface area contributed by atoms with Gasteiger partial charge in [0.2, 0.25) is 0 Å². The van der Waals surface area contributed by atoms with Gasteiger partial charge in [0.1, 0.15) is 30.5 Å². The van der Waals surface area contributed by atoms with Crippen molar-refractivity contribution in [1.29, 1.82) is 0 Å². The fourth-order valence-electron chi connectivity index (χ4n) is 7.01. The molecule has 290 valence electrons. The Morgan fingerprint density at radius 3 is 1.34 bits per heavy atom. The van der Waals surface area contributed by atoms with Gasteiger partial charge in [-0.15, -0.1) is 0 Å². The van der Waals surface area contributed by atoms with Crippen molar-refractivity contribution in [3.8, 4) is 0 Å². The predicted molar refractivity (Wildman–Crippen MR) is 204 cm³/mol. The molecule has 0 amide bonds. The highest BCUT2D eigenvalue weighted by atomic mass is 16.7. The second-order valence-corrected chi connectivity index (χ2v) is 13.3. The summed E-state index contributed by atoms with van der Waals surface area (Å²) in [6.07, 6.45) is -7.15. The van der Waals surface area contributed by atoms with E-state index in [-0.39, 0.29) is 32.8 Å². The third-order valence-corrected chi connectivity index (χ3v) is 9.70. The van der Waals surface area contributed by atoms with Gasteiger partial charge in [-0.1, -0.05) is 137 Å². The molecule has 0 spiro atoms. The number of rotatable bonds is 18. The SMILES string of the molecule is [N-]=[N+]=N[C@H]1[C@@H](O[C@H]2[C@H](OCc3ccccc3)[C@@H](OCc3ccccc3)[C@H](N=[N+]=[N-])C[C@@H]2N=[N+]=[N-])O[C@H](CO)[C@@H](OCc2ccccc2)[C@@H]1OCc1ccccc1. The molecule has 0 radical (unpaired) electrons. The van der Waals surface area contributed by atoms with Crippen LogP contribution in [-0.4, -0.2) is 72.8 Å². The molecule has 56 heavy (non-hydrogen) atoms. The van der Waals surface area contributed by atoms with Gasteiger partial charge in [0.25, 0.3) is 0 Å². The van der Waals surface area contributed by atoms with Crippen LogP contribution in [0.5, 0.6) is 0 Å². The van der Waals surface area contributed by atoms with E-state index in [1.54, 1.807) is 0 Å². The highest BCUT2D eigenvalue weighted by Gasteiger charge is 2.52. The third-order valence-electron chi connectivity index (χ3n) is 9.70. The molecule has 4 aromatic carbocycles. The van der Waals surface area contributed by atoms with Crippen LogP contribution in [0.15, 0.2) is 137 Å². The van der Waals surface area contributed by atoms with Gasteiger partial charge in [0, 0.05) is 14.7 Å². The summed E-state index contributed by atoms with van der Waals surface area (Å²) in [7, 11) is 0. The molecule has 16 nitrogen and oxygen atoms in total. The number of hydrogen-bond donors (Lipinski definition) is 1. The highest BCUT2D eigenvalue weighted by molar-refractivity contribution is 5.17. The quantitative estimate of drug-likeness (QED) is 0.0599. The lowest BCUT2D eigenvalue weighted by molar-refractivity contribution is -0.310. The molecule has 6 rings (SSSR count). The fourth-order valence-corrected chi connectivity index (χ4v) is 7.01. The number of nitrogens with zero attached hydrogens (tertiary/aromatic N) is 9. The lowest BCUT2D eigenvalue weighted by atomic mass is 9.83. The van der Waals surface area contributed by atoms with Gasteiger partial charge in [-0.2, -0.15) is 0 Å². The average molecular weight is 762 g/mol. The topological polar surface area (TPSA) is 222 Å². The van der Waals surface area contributed by atoms with Gasteiger partial charge in [0.05, 0.1) is 57.3 Å². The van der Waals surface area contributed by atoms with Crippen LogP contribution < -0.4 is 0 Å². The Balaban J connectivity index is 1.36. The van der Waals surface area contributed by atoms with Gasteiger partial charge in [-0.3, -0.25) is 0 Å². The zero-order chi connectivity index (χ0) is 39.0. The first-order valence-electron chi connectivity index (χ1n) is 18.3. The van der Waals surface area contributed by atoms with E-state index in [4.69, 9.17) is 28.4 Å². The molecule has 0 unspecified atom stereocenters. The molecule has 0 aromatic heterocycles. The van der Waals surface area contributed by atoms with Crippen LogP contribution in [0, 0.1) is 0 Å². The molecule has 10 atom stereocenters. The van der Waals surface area contributed by atoms with Crippen molar-refractivity contribution < 1.29 is 33.5 Å². The molecule has 16 heteroatoms. The van der Waals surface area contributed by atoms with Crippen molar-refractivity contribution in [2.75, 3.05) is 6.61 Å². The first-order valence-corrected chi connectivity index (χ1v) is 18.3. The Morgan fingerprint density at radius 2 is 0.911 bits per heavy atom. The number of hydrogen-bond acceptors (Lipinski definition) is 10. The Bertz CT molecular complexity index is 1930. The van der Waals surface area contributed by atoms with Crippen molar-refractivity contribution in [2.24, 2.45) is 15.3 Å². The van der Waals surface area contributed by atoms with Gasteiger partial charge < -0.3 is 33.5 Å². The second-order valence-electron chi connectivity index (χ2n) is 13.3. The highest BCUT2D eigenvalue weighted by Crippen LogP contribution is 2.37. The lowest BCUT2D eigenvalue weighted by Crippen LogP contribution is -2.64. The van der Waals surface area contributed by atoms with Crippen LogP contribution >= 0.6 is 0 Å². The van der Waals surface area contributed by atoms with Crippen molar-refractivity contribution in [2.45, 2.75) is 93.9 Å². The van der Waals surface area contributed by atoms with Crippen LogP contribution in [-0.2, 0) is 54.8 Å². The summed E-state index contributed by atoms with van der Waals surface area (Å²) < 4.78 is 39.1. The minimum Gasteiger partial charge on any atom is -0.394 e. The van der Waals surface area contributed by atoms with Crippen LogP contribution in [0.2, 0.25) is 0 Å². The minimum atomic E-state index is -1.35. The van der Waals surface area contributed by atoms with Crippen molar-refractivity contribution >= 4 is 0 Å². The van der Waals surface area contributed by atoms with E-state index < -0.39 is 67.6 Å². The smallest absolute Gasteiger partial charge is 0.169 e. The Labute approximate surface area is 323 Å². The average Bonchev–Trinajstić information content (AvgIpc) is 3.24. The number of benzene rings is 4. The second kappa shape index (κ2) is 21.0. The van der Waals surface area contributed by atoms with E-state index in [0.717, 1.165) is 22.3 Å². The van der Waals surface area contributed by atoms with Gasteiger partial charge in [-0.25, -0.2) is 0 Å². The van der Waals surface area contributed by atoms with E-state index in [9.17, 15) is 21.7 Å². The van der Waals surface area contributed by atoms with E-state index in [0.29, 0.717) is 0 Å². The van der Waals surface area contributed by atoms with Crippen LogP contribution in [0.3, 0.4) is 0 Å². The van der Waals surface area contributed by atoms with E-state index in [2.05, 4.69) is 30.1 Å². The number of ether oxygens (including phenoxy) is 6. The summed E-state index contributed by atoms with van der Waals surface area (Å²) >= 11 is 0. The first-order chi connectivity index (χ1) is 27.6. The number of azide groups is 3. The lowest BCUT2D eigenvalue weighted by Gasteiger charge is -2.48. The molecule has 1 aliphatic carbocycles. The van der Waals surface area contributed by atoms with E-state index in [1.807, 2.05) is 121 Å². The maximum Gasteiger partial charge on any atom is 0.169 e. The minimum absolute atomic E-state index is 0.0442. The monoisotopic (exact) mass is 761 g/mol. The van der Waals surface area contributed by atoms with Crippen LogP contribution in [0.1, 0.15) is 28.7 Å². The normalized spacial score (nSPS) is 27.2. The molecule has 1 N–H and O–H groups in total. The molecule has 1 saturated carbocycles. The van der Waals surface area contributed by atoms with Gasteiger partial charge in [-0.05, 0) is 45.3 Å². The Hall–Kier alpha value is -5.47. The number of aliphatic hydroxyl groups excluding tert-OH is 1. The van der Waals surface area contributed by atoms with Crippen molar-refractivity contribution in [1.82, 2.24) is 0 Å². The number of aliphatic hydroxyl groups is 1. The summed E-state index contributed by atoms with van der Waals surface area (Å²) in [6, 6.07) is 34.9. The van der Waals surface area contributed by atoms with Crippen molar-refractivity contribution in [3.63, 3.8) is 0 Å². The summed E-state index contributed by atoms with van der Waals surface area (Å²) in [5, 5.41) is 23.0. The molecule has 1 heterocycles. The van der Waals surface area contributed by atoms with Gasteiger partial charge >= 0.3 is 0 Å². The van der Waals surface area contributed by atoms with Gasteiger partial charge in [0.15, 0.2) is 6.29 Å². The molecule has 0 bridgehead atoms. The van der Waals surface area contributed by atoms with Crippen LogP contribution in [0.25, 0.3) is 31.3 Å². The first kappa shape index (κ1) is 40.2. The largest absolute Gasteiger partial charge is 0.394 e. The zero-order valence-electron chi connectivity index (χ0n) is 30.5. The molecular weight excluding hydrogens is 718 g/mol.